The number of nitro benzene ring substituents is 1. The van der Waals surface area contributed by atoms with Crippen LogP contribution in [-0.4, -0.2) is 14.9 Å². The predicted octanol–water partition coefficient (Wildman–Crippen LogP) is 3.34. The number of hydrogen-bond acceptors (Lipinski definition) is 4. The highest BCUT2D eigenvalue weighted by Gasteiger charge is 2.15. The van der Waals surface area contributed by atoms with Crippen LogP contribution in [0.15, 0.2) is 30.5 Å². The maximum Gasteiger partial charge on any atom is 0.269 e. The van der Waals surface area contributed by atoms with Crippen molar-refractivity contribution in [2.45, 2.75) is 13.8 Å². The molecule has 0 aliphatic heterocycles. The van der Waals surface area contributed by atoms with Gasteiger partial charge in [-0.1, -0.05) is 0 Å². The standard InChI is InChI=1S/C15H14N4O2/c1-8-7-10(19(20)21)3-4-11(8)13-9(2)12-5-6-17-15(16)14(12)18-13/h3-7,18H,1-2H3,(H2,16,17). The van der Waals surface area contributed by atoms with Gasteiger partial charge in [0.2, 0.25) is 0 Å². The van der Waals surface area contributed by atoms with Crippen molar-refractivity contribution in [2.24, 2.45) is 0 Å². The van der Waals surface area contributed by atoms with Gasteiger partial charge >= 0.3 is 0 Å². The molecule has 3 rings (SSSR count). The molecule has 0 amide bonds. The number of non-ortho nitro benzene ring substituents is 1. The first-order chi connectivity index (χ1) is 9.99. The molecule has 0 saturated carbocycles. The highest BCUT2D eigenvalue weighted by molar-refractivity contribution is 5.96. The minimum atomic E-state index is -0.392. The number of hydrogen-bond donors (Lipinski definition) is 2. The largest absolute Gasteiger partial charge is 0.382 e. The number of fused-ring (bicyclic) bond motifs is 1. The van der Waals surface area contributed by atoms with Crippen molar-refractivity contribution in [2.75, 3.05) is 5.73 Å². The zero-order valence-electron chi connectivity index (χ0n) is 11.7. The lowest BCUT2D eigenvalue weighted by molar-refractivity contribution is -0.384. The van der Waals surface area contributed by atoms with E-state index in [9.17, 15) is 10.1 Å². The van der Waals surface area contributed by atoms with Crippen LogP contribution in [0.5, 0.6) is 0 Å². The van der Waals surface area contributed by atoms with Gasteiger partial charge in [-0.15, -0.1) is 0 Å². The van der Waals surface area contributed by atoms with Crippen molar-refractivity contribution in [3.05, 3.63) is 51.7 Å². The Labute approximate surface area is 120 Å². The first kappa shape index (κ1) is 13.1. The molecule has 0 atom stereocenters. The van der Waals surface area contributed by atoms with E-state index in [2.05, 4.69) is 9.97 Å². The second kappa shape index (κ2) is 4.59. The quantitative estimate of drug-likeness (QED) is 0.556. The summed E-state index contributed by atoms with van der Waals surface area (Å²) in [5.41, 5.74) is 10.5. The van der Waals surface area contributed by atoms with E-state index in [4.69, 9.17) is 5.73 Å². The molecule has 2 heterocycles. The lowest BCUT2D eigenvalue weighted by Gasteiger charge is -2.05. The Bertz CT molecular complexity index is 867. The zero-order valence-corrected chi connectivity index (χ0v) is 11.7. The van der Waals surface area contributed by atoms with E-state index in [-0.39, 0.29) is 5.69 Å². The molecular formula is C15H14N4O2. The number of rotatable bonds is 2. The van der Waals surface area contributed by atoms with E-state index in [1.54, 1.807) is 18.3 Å². The zero-order chi connectivity index (χ0) is 15.1. The van der Waals surface area contributed by atoms with Crippen LogP contribution in [0.25, 0.3) is 22.2 Å². The van der Waals surface area contributed by atoms with Crippen molar-refractivity contribution in [3.63, 3.8) is 0 Å². The summed E-state index contributed by atoms with van der Waals surface area (Å²) in [7, 11) is 0. The summed E-state index contributed by atoms with van der Waals surface area (Å²) < 4.78 is 0. The van der Waals surface area contributed by atoms with Crippen LogP contribution < -0.4 is 5.73 Å². The van der Waals surface area contributed by atoms with Crippen LogP contribution in [0.3, 0.4) is 0 Å². The normalized spacial score (nSPS) is 11.0. The van der Waals surface area contributed by atoms with Gasteiger partial charge in [-0.2, -0.15) is 0 Å². The van der Waals surface area contributed by atoms with Crippen LogP contribution in [0.1, 0.15) is 11.1 Å². The summed E-state index contributed by atoms with van der Waals surface area (Å²) in [4.78, 5) is 17.8. The molecule has 2 aromatic heterocycles. The molecule has 0 aliphatic rings. The Morgan fingerprint density at radius 2 is 2.05 bits per heavy atom. The van der Waals surface area contributed by atoms with E-state index in [1.807, 2.05) is 19.9 Å². The number of H-pyrrole nitrogens is 1. The summed E-state index contributed by atoms with van der Waals surface area (Å²) in [6.07, 6.45) is 1.67. The molecule has 3 aromatic rings. The summed E-state index contributed by atoms with van der Waals surface area (Å²) in [5, 5.41) is 11.8. The van der Waals surface area contributed by atoms with Gasteiger partial charge in [-0.05, 0) is 37.1 Å². The molecule has 0 saturated heterocycles. The lowest BCUT2D eigenvalue weighted by Crippen LogP contribution is -1.91. The second-order valence-electron chi connectivity index (χ2n) is 5.00. The highest BCUT2D eigenvalue weighted by Crippen LogP contribution is 2.34. The number of nitrogens with two attached hydrogens (primary N) is 1. The van der Waals surface area contributed by atoms with E-state index < -0.39 is 4.92 Å². The smallest absolute Gasteiger partial charge is 0.269 e. The number of nitrogens with zero attached hydrogens (tertiary/aromatic N) is 2. The minimum absolute atomic E-state index is 0.0891. The maximum absolute atomic E-state index is 10.8. The van der Waals surface area contributed by atoms with Crippen LogP contribution in [0.2, 0.25) is 0 Å². The molecule has 0 bridgehead atoms. The van der Waals surface area contributed by atoms with Gasteiger partial charge in [-0.25, -0.2) is 4.98 Å². The number of nitrogen functional groups attached to an aromatic ring is 1. The fraction of sp³-hybridized carbons (Fsp3) is 0.133. The monoisotopic (exact) mass is 282 g/mol. The molecule has 106 valence electrons. The Morgan fingerprint density at radius 3 is 2.67 bits per heavy atom. The predicted molar refractivity (Wildman–Crippen MR) is 82.1 cm³/mol. The summed E-state index contributed by atoms with van der Waals surface area (Å²) in [6, 6.07) is 6.74. The molecule has 0 aliphatic carbocycles. The van der Waals surface area contributed by atoms with Crippen LogP contribution in [-0.2, 0) is 0 Å². The third kappa shape index (κ3) is 2.01. The fourth-order valence-corrected chi connectivity index (χ4v) is 2.59. The number of aromatic amines is 1. The minimum Gasteiger partial charge on any atom is -0.382 e. The number of nitrogens with one attached hydrogen (secondary N) is 1. The Hall–Kier alpha value is -2.89. The van der Waals surface area contributed by atoms with E-state index in [0.29, 0.717) is 5.82 Å². The molecule has 6 heteroatoms. The molecule has 1 aromatic carbocycles. The van der Waals surface area contributed by atoms with Gasteiger partial charge < -0.3 is 10.7 Å². The topological polar surface area (TPSA) is 97.8 Å². The van der Waals surface area contributed by atoms with Crippen molar-refractivity contribution < 1.29 is 4.92 Å². The second-order valence-corrected chi connectivity index (χ2v) is 5.00. The number of nitro groups is 1. The summed E-state index contributed by atoms with van der Waals surface area (Å²) in [5.74, 6) is 0.446. The third-order valence-corrected chi connectivity index (χ3v) is 3.70. The first-order valence-corrected chi connectivity index (χ1v) is 6.47. The average molecular weight is 282 g/mol. The van der Waals surface area contributed by atoms with Crippen molar-refractivity contribution in [1.29, 1.82) is 0 Å². The summed E-state index contributed by atoms with van der Waals surface area (Å²) >= 11 is 0. The Kier molecular flexibility index (Phi) is 2.86. The highest BCUT2D eigenvalue weighted by atomic mass is 16.6. The molecule has 0 spiro atoms. The van der Waals surface area contributed by atoms with Gasteiger partial charge in [0.25, 0.3) is 5.69 Å². The van der Waals surface area contributed by atoms with Crippen LogP contribution in [0, 0.1) is 24.0 Å². The van der Waals surface area contributed by atoms with Crippen molar-refractivity contribution >= 4 is 22.4 Å². The van der Waals surface area contributed by atoms with Gasteiger partial charge in [0, 0.05) is 35.0 Å². The van der Waals surface area contributed by atoms with Crippen LogP contribution >= 0.6 is 0 Å². The molecule has 0 unspecified atom stereocenters. The Balaban J connectivity index is 2.23. The number of benzene rings is 1. The van der Waals surface area contributed by atoms with E-state index >= 15 is 0 Å². The van der Waals surface area contributed by atoms with Crippen molar-refractivity contribution in [1.82, 2.24) is 9.97 Å². The summed E-state index contributed by atoms with van der Waals surface area (Å²) in [6.45, 7) is 3.85. The SMILES string of the molecule is Cc1cc([N+](=O)[O-])ccc1-c1[nH]c2c(N)nccc2c1C. The number of pyridine rings is 1. The number of aromatic nitrogens is 2. The lowest BCUT2D eigenvalue weighted by atomic mass is 10.0. The van der Waals surface area contributed by atoms with Gasteiger partial charge in [0.15, 0.2) is 0 Å². The molecule has 0 fully saturated rings. The third-order valence-electron chi connectivity index (χ3n) is 3.70. The Morgan fingerprint density at radius 1 is 1.29 bits per heavy atom. The first-order valence-electron chi connectivity index (χ1n) is 6.47. The van der Waals surface area contributed by atoms with Crippen molar-refractivity contribution in [3.8, 4) is 11.3 Å². The maximum atomic E-state index is 10.8. The van der Waals surface area contributed by atoms with Gasteiger partial charge in [0.1, 0.15) is 5.82 Å². The molecule has 3 N–H and O–H groups in total. The van der Waals surface area contributed by atoms with Crippen LogP contribution in [0.4, 0.5) is 11.5 Å². The van der Waals surface area contributed by atoms with E-state index in [0.717, 1.165) is 33.3 Å². The van der Waals surface area contributed by atoms with E-state index in [1.165, 1.54) is 6.07 Å². The van der Waals surface area contributed by atoms with Gasteiger partial charge in [-0.3, -0.25) is 10.1 Å². The number of aryl methyl sites for hydroxylation is 2. The molecule has 0 radical (unpaired) electrons. The molecule has 21 heavy (non-hydrogen) atoms. The molecular weight excluding hydrogens is 268 g/mol. The number of anilines is 1. The van der Waals surface area contributed by atoms with Gasteiger partial charge in [0.05, 0.1) is 10.4 Å². The fourth-order valence-electron chi connectivity index (χ4n) is 2.59. The average Bonchev–Trinajstić information content (AvgIpc) is 2.78. The molecule has 6 nitrogen and oxygen atoms in total.